The summed E-state index contributed by atoms with van der Waals surface area (Å²) in [5, 5.41) is 0. The van der Waals surface area contributed by atoms with Crippen molar-refractivity contribution in [2.24, 2.45) is 0 Å². The maximum atomic E-state index is 11.3. The monoisotopic (exact) mass is 277 g/mol. The topological polar surface area (TPSA) is 38.8 Å². The zero-order valence-electron chi connectivity index (χ0n) is 12.4. The second-order valence-corrected chi connectivity index (χ2v) is 5.17. The number of carbonyl (C=O) groups is 1. The highest BCUT2D eigenvalue weighted by molar-refractivity contribution is 5.94. The third-order valence-electron chi connectivity index (χ3n) is 3.68. The van der Waals surface area contributed by atoms with Crippen LogP contribution in [0.2, 0.25) is 0 Å². The molecular formula is C16H23NO3. The molecule has 0 radical (unpaired) electrons. The fraction of sp³-hybridized carbons (Fsp3) is 0.562. The number of carbonyl (C=O) groups excluding carboxylic acids is 1. The van der Waals surface area contributed by atoms with Crippen LogP contribution in [0.4, 0.5) is 0 Å². The molecule has 0 aromatic heterocycles. The van der Waals surface area contributed by atoms with Gasteiger partial charge in [0.2, 0.25) is 0 Å². The Morgan fingerprint density at radius 1 is 1.20 bits per heavy atom. The van der Waals surface area contributed by atoms with Gasteiger partial charge in [-0.15, -0.1) is 0 Å². The maximum Gasteiger partial charge on any atom is 0.161 e. The fourth-order valence-electron chi connectivity index (χ4n) is 2.47. The van der Waals surface area contributed by atoms with E-state index in [2.05, 4.69) is 4.90 Å². The van der Waals surface area contributed by atoms with E-state index in [0.29, 0.717) is 23.7 Å². The van der Waals surface area contributed by atoms with Crippen LogP contribution in [0.5, 0.6) is 11.5 Å². The zero-order chi connectivity index (χ0) is 14.4. The van der Waals surface area contributed by atoms with Crippen LogP contribution in [-0.4, -0.2) is 44.0 Å². The third-order valence-corrected chi connectivity index (χ3v) is 3.68. The van der Waals surface area contributed by atoms with E-state index in [9.17, 15) is 4.79 Å². The van der Waals surface area contributed by atoms with Crippen molar-refractivity contribution in [2.75, 3.05) is 33.4 Å². The number of likely N-dealkylation sites (tertiary alicyclic amines) is 1. The van der Waals surface area contributed by atoms with Crippen molar-refractivity contribution < 1.29 is 14.3 Å². The molecule has 110 valence electrons. The Balaban J connectivity index is 1.89. The number of benzene rings is 1. The van der Waals surface area contributed by atoms with Gasteiger partial charge in [-0.1, -0.05) is 6.42 Å². The number of piperidine rings is 1. The molecule has 2 rings (SSSR count). The molecule has 1 heterocycles. The standard InChI is InChI=1S/C16H23NO3/c1-13(18)14-6-7-15(16(12-14)19-2)20-11-10-17-8-4-3-5-9-17/h6-7,12H,3-5,8-11H2,1-2H3. The van der Waals surface area contributed by atoms with Crippen LogP contribution in [0.25, 0.3) is 0 Å². The smallest absolute Gasteiger partial charge is 0.161 e. The van der Waals surface area contributed by atoms with Gasteiger partial charge in [0.15, 0.2) is 17.3 Å². The van der Waals surface area contributed by atoms with Crippen LogP contribution in [0, 0.1) is 0 Å². The van der Waals surface area contributed by atoms with Gasteiger partial charge in [0.05, 0.1) is 7.11 Å². The molecule has 0 unspecified atom stereocenters. The van der Waals surface area contributed by atoms with Crippen molar-refractivity contribution in [1.29, 1.82) is 0 Å². The molecule has 0 aliphatic carbocycles. The van der Waals surface area contributed by atoms with Gasteiger partial charge in [-0.25, -0.2) is 0 Å². The van der Waals surface area contributed by atoms with Crippen molar-refractivity contribution in [1.82, 2.24) is 4.90 Å². The summed E-state index contributed by atoms with van der Waals surface area (Å²) >= 11 is 0. The fourth-order valence-corrected chi connectivity index (χ4v) is 2.47. The first-order chi connectivity index (χ1) is 9.70. The van der Waals surface area contributed by atoms with Crippen LogP contribution in [0.1, 0.15) is 36.5 Å². The second-order valence-electron chi connectivity index (χ2n) is 5.17. The van der Waals surface area contributed by atoms with Gasteiger partial charge < -0.3 is 9.47 Å². The second kappa shape index (κ2) is 7.29. The molecule has 1 aliphatic heterocycles. The molecule has 0 spiro atoms. The average Bonchev–Trinajstić information content (AvgIpc) is 2.48. The summed E-state index contributed by atoms with van der Waals surface area (Å²) in [6.07, 6.45) is 3.92. The minimum Gasteiger partial charge on any atom is -0.493 e. The lowest BCUT2D eigenvalue weighted by molar-refractivity contribution is 0.101. The first-order valence-corrected chi connectivity index (χ1v) is 7.25. The number of rotatable bonds is 6. The summed E-state index contributed by atoms with van der Waals surface area (Å²) in [6.45, 7) is 5.48. The predicted molar refractivity (Wildman–Crippen MR) is 78.8 cm³/mol. The van der Waals surface area contributed by atoms with E-state index < -0.39 is 0 Å². The molecule has 20 heavy (non-hydrogen) atoms. The molecule has 0 bridgehead atoms. The first kappa shape index (κ1) is 14.9. The zero-order valence-corrected chi connectivity index (χ0v) is 12.4. The molecule has 0 saturated carbocycles. The Morgan fingerprint density at radius 2 is 1.95 bits per heavy atom. The van der Waals surface area contributed by atoms with E-state index in [1.165, 1.54) is 32.4 Å². The van der Waals surface area contributed by atoms with E-state index in [1.807, 2.05) is 6.07 Å². The molecule has 1 aromatic rings. The lowest BCUT2D eigenvalue weighted by Gasteiger charge is -2.26. The Hall–Kier alpha value is -1.55. The summed E-state index contributed by atoms with van der Waals surface area (Å²) in [6, 6.07) is 5.32. The van der Waals surface area contributed by atoms with E-state index in [0.717, 1.165) is 6.54 Å². The van der Waals surface area contributed by atoms with Crippen LogP contribution < -0.4 is 9.47 Å². The molecule has 1 saturated heterocycles. The normalized spacial score (nSPS) is 15.9. The third kappa shape index (κ3) is 3.97. The van der Waals surface area contributed by atoms with Crippen molar-refractivity contribution in [2.45, 2.75) is 26.2 Å². The predicted octanol–water partition coefficient (Wildman–Crippen LogP) is 2.76. The Morgan fingerprint density at radius 3 is 2.60 bits per heavy atom. The van der Waals surface area contributed by atoms with Gasteiger partial charge >= 0.3 is 0 Å². The van der Waals surface area contributed by atoms with Gasteiger partial charge in [-0.3, -0.25) is 9.69 Å². The lowest BCUT2D eigenvalue weighted by atomic mass is 10.1. The highest BCUT2D eigenvalue weighted by Gasteiger charge is 2.11. The molecule has 1 aliphatic rings. The molecule has 0 N–H and O–H groups in total. The van der Waals surface area contributed by atoms with Crippen molar-refractivity contribution in [3.05, 3.63) is 23.8 Å². The molecular weight excluding hydrogens is 254 g/mol. The van der Waals surface area contributed by atoms with Gasteiger partial charge in [0.25, 0.3) is 0 Å². The number of methoxy groups -OCH3 is 1. The Labute approximate surface area is 120 Å². The number of hydrogen-bond donors (Lipinski definition) is 0. The molecule has 1 aromatic carbocycles. The van der Waals surface area contributed by atoms with Gasteiger partial charge in [-0.2, -0.15) is 0 Å². The average molecular weight is 277 g/mol. The largest absolute Gasteiger partial charge is 0.493 e. The number of nitrogens with zero attached hydrogens (tertiary/aromatic N) is 1. The van der Waals surface area contributed by atoms with E-state index in [4.69, 9.17) is 9.47 Å². The van der Waals surface area contributed by atoms with Crippen molar-refractivity contribution >= 4 is 5.78 Å². The molecule has 4 nitrogen and oxygen atoms in total. The van der Waals surface area contributed by atoms with Crippen molar-refractivity contribution in [3.8, 4) is 11.5 Å². The van der Waals surface area contributed by atoms with Crippen LogP contribution in [-0.2, 0) is 0 Å². The number of ketones is 1. The van der Waals surface area contributed by atoms with Gasteiger partial charge in [-0.05, 0) is 51.1 Å². The summed E-state index contributed by atoms with van der Waals surface area (Å²) in [5.74, 6) is 1.36. The molecule has 0 amide bonds. The SMILES string of the molecule is COc1cc(C(C)=O)ccc1OCCN1CCCCC1. The number of hydrogen-bond acceptors (Lipinski definition) is 4. The van der Waals surface area contributed by atoms with E-state index in [1.54, 1.807) is 26.2 Å². The summed E-state index contributed by atoms with van der Waals surface area (Å²) in [4.78, 5) is 13.8. The first-order valence-electron chi connectivity index (χ1n) is 7.25. The quantitative estimate of drug-likeness (QED) is 0.749. The summed E-state index contributed by atoms with van der Waals surface area (Å²) in [7, 11) is 1.59. The van der Waals surface area contributed by atoms with E-state index in [-0.39, 0.29) is 5.78 Å². The van der Waals surface area contributed by atoms with Crippen LogP contribution >= 0.6 is 0 Å². The van der Waals surface area contributed by atoms with Crippen LogP contribution in [0.3, 0.4) is 0 Å². The van der Waals surface area contributed by atoms with Gasteiger partial charge in [0, 0.05) is 12.1 Å². The number of ether oxygens (including phenoxy) is 2. The maximum absolute atomic E-state index is 11.3. The van der Waals surface area contributed by atoms with Crippen LogP contribution in [0.15, 0.2) is 18.2 Å². The molecule has 1 fully saturated rings. The van der Waals surface area contributed by atoms with Crippen molar-refractivity contribution in [3.63, 3.8) is 0 Å². The molecule has 0 atom stereocenters. The minimum absolute atomic E-state index is 0.0307. The highest BCUT2D eigenvalue weighted by atomic mass is 16.5. The summed E-state index contributed by atoms with van der Waals surface area (Å²) < 4.78 is 11.1. The lowest BCUT2D eigenvalue weighted by Crippen LogP contribution is -2.33. The highest BCUT2D eigenvalue weighted by Crippen LogP contribution is 2.28. The number of Topliss-reactive ketones (excluding diaryl/α,β-unsaturated/α-hetero) is 1. The Kier molecular flexibility index (Phi) is 5.41. The Bertz CT molecular complexity index is 453. The minimum atomic E-state index is 0.0307. The molecule has 4 heteroatoms. The van der Waals surface area contributed by atoms with E-state index >= 15 is 0 Å². The summed E-state index contributed by atoms with van der Waals surface area (Å²) in [5.41, 5.74) is 0.644. The van der Waals surface area contributed by atoms with Gasteiger partial charge in [0.1, 0.15) is 6.61 Å².